The van der Waals surface area contributed by atoms with Crippen molar-refractivity contribution in [3.63, 3.8) is 0 Å². The van der Waals surface area contributed by atoms with Crippen molar-refractivity contribution in [1.82, 2.24) is 4.98 Å². The van der Waals surface area contributed by atoms with E-state index in [0.717, 1.165) is 18.8 Å². The average molecular weight is 192 g/mol. The second-order valence-electron chi connectivity index (χ2n) is 3.64. The topological polar surface area (TPSA) is 16.1 Å². The van der Waals surface area contributed by atoms with Crippen molar-refractivity contribution in [2.75, 3.05) is 18.0 Å². The zero-order chi connectivity index (χ0) is 10.4. The second kappa shape index (κ2) is 5.63. The molecule has 0 atom stereocenters. The fourth-order valence-corrected chi connectivity index (χ4v) is 1.56. The minimum Gasteiger partial charge on any atom is -0.370 e. The number of aromatic nitrogens is 1. The molecule has 0 radical (unpaired) electrons. The van der Waals surface area contributed by atoms with Crippen molar-refractivity contribution in [1.29, 1.82) is 0 Å². The molecule has 0 amide bonds. The van der Waals surface area contributed by atoms with Gasteiger partial charge in [-0.1, -0.05) is 13.8 Å². The zero-order valence-electron chi connectivity index (χ0n) is 9.45. The first kappa shape index (κ1) is 11.0. The first-order valence-electron chi connectivity index (χ1n) is 5.45. The quantitative estimate of drug-likeness (QED) is 0.713. The molecule has 0 fully saturated rings. The van der Waals surface area contributed by atoms with Crippen LogP contribution in [0.2, 0.25) is 0 Å². The Kier molecular flexibility index (Phi) is 4.44. The molecule has 0 aliphatic carbocycles. The van der Waals surface area contributed by atoms with Gasteiger partial charge in [0.1, 0.15) is 0 Å². The highest BCUT2D eigenvalue weighted by Crippen LogP contribution is 2.13. The number of hydrogen-bond donors (Lipinski definition) is 0. The summed E-state index contributed by atoms with van der Waals surface area (Å²) < 4.78 is 0. The van der Waals surface area contributed by atoms with Gasteiger partial charge in [0.25, 0.3) is 0 Å². The number of rotatable bonds is 5. The molecule has 1 aromatic rings. The van der Waals surface area contributed by atoms with Gasteiger partial charge >= 0.3 is 0 Å². The standard InChI is InChI=1S/C12H20N2/c1-4-8-14(9-5-2)12-7-6-11(3)13-10-12/h6-7,10H,4-5,8-9H2,1-3H3. The predicted octanol–water partition coefficient (Wildman–Crippen LogP) is 3.02. The van der Waals surface area contributed by atoms with Crippen molar-refractivity contribution in [2.45, 2.75) is 33.6 Å². The Morgan fingerprint density at radius 1 is 1.14 bits per heavy atom. The highest BCUT2D eigenvalue weighted by molar-refractivity contribution is 5.44. The van der Waals surface area contributed by atoms with Gasteiger partial charge in [-0.25, -0.2) is 0 Å². The Morgan fingerprint density at radius 2 is 1.79 bits per heavy atom. The maximum atomic E-state index is 4.32. The van der Waals surface area contributed by atoms with Crippen LogP contribution in [-0.4, -0.2) is 18.1 Å². The van der Waals surface area contributed by atoms with Crippen LogP contribution >= 0.6 is 0 Å². The molecule has 0 saturated heterocycles. The molecule has 0 spiro atoms. The molecule has 0 aromatic carbocycles. The highest BCUT2D eigenvalue weighted by atomic mass is 15.1. The third kappa shape index (κ3) is 3.02. The third-order valence-corrected chi connectivity index (χ3v) is 2.25. The van der Waals surface area contributed by atoms with Gasteiger partial charge in [-0.15, -0.1) is 0 Å². The zero-order valence-corrected chi connectivity index (χ0v) is 9.45. The second-order valence-corrected chi connectivity index (χ2v) is 3.64. The molecule has 14 heavy (non-hydrogen) atoms. The molecular formula is C12H20N2. The fourth-order valence-electron chi connectivity index (χ4n) is 1.56. The molecule has 0 bridgehead atoms. The van der Waals surface area contributed by atoms with Crippen LogP contribution in [0, 0.1) is 6.92 Å². The van der Waals surface area contributed by atoms with Crippen molar-refractivity contribution in [3.8, 4) is 0 Å². The minimum atomic E-state index is 1.08. The van der Waals surface area contributed by atoms with Gasteiger partial charge in [-0.05, 0) is 31.9 Å². The van der Waals surface area contributed by atoms with Crippen LogP contribution in [0.25, 0.3) is 0 Å². The van der Waals surface area contributed by atoms with Crippen LogP contribution in [0.1, 0.15) is 32.4 Å². The molecule has 0 N–H and O–H groups in total. The van der Waals surface area contributed by atoms with Crippen molar-refractivity contribution >= 4 is 5.69 Å². The van der Waals surface area contributed by atoms with Gasteiger partial charge < -0.3 is 4.90 Å². The molecule has 0 saturated carbocycles. The Hall–Kier alpha value is -1.05. The van der Waals surface area contributed by atoms with Gasteiger partial charge in [0.05, 0.1) is 11.9 Å². The van der Waals surface area contributed by atoms with Gasteiger partial charge in [-0.2, -0.15) is 0 Å². The van der Waals surface area contributed by atoms with Gasteiger partial charge in [0.2, 0.25) is 0 Å². The first-order chi connectivity index (χ1) is 6.77. The van der Waals surface area contributed by atoms with E-state index in [9.17, 15) is 0 Å². The largest absolute Gasteiger partial charge is 0.370 e. The molecule has 1 heterocycles. The van der Waals surface area contributed by atoms with E-state index in [1.54, 1.807) is 0 Å². The summed E-state index contributed by atoms with van der Waals surface area (Å²) in [4.78, 5) is 6.72. The Balaban J connectivity index is 2.71. The highest BCUT2D eigenvalue weighted by Gasteiger charge is 2.03. The van der Waals surface area contributed by atoms with Crippen LogP contribution in [0.5, 0.6) is 0 Å². The Bertz CT molecular complexity index is 248. The molecule has 2 nitrogen and oxygen atoms in total. The summed E-state index contributed by atoms with van der Waals surface area (Å²) in [7, 11) is 0. The van der Waals surface area contributed by atoms with E-state index in [2.05, 4.69) is 35.9 Å². The van der Waals surface area contributed by atoms with Crippen molar-refractivity contribution < 1.29 is 0 Å². The minimum absolute atomic E-state index is 1.08. The summed E-state index contributed by atoms with van der Waals surface area (Å²) in [6.07, 6.45) is 4.35. The van der Waals surface area contributed by atoms with E-state index < -0.39 is 0 Å². The van der Waals surface area contributed by atoms with E-state index in [1.807, 2.05) is 13.1 Å². The van der Waals surface area contributed by atoms with E-state index in [1.165, 1.54) is 18.5 Å². The molecule has 0 aliphatic heterocycles. The van der Waals surface area contributed by atoms with Gasteiger partial charge in [-0.3, -0.25) is 4.98 Å². The smallest absolute Gasteiger partial charge is 0.0552 e. The molecule has 1 aromatic heterocycles. The monoisotopic (exact) mass is 192 g/mol. The third-order valence-electron chi connectivity index (χ3n) is 2.25. The molecule has 78 valence electrons. The van der Waals surface area contributed by atoms with Crippen LogP contribution in [0.15, 0.2) is 18.3 Å². The van der Waals surface area contributed by atoms with Crippen LogP contribution in [0.4, 0.5) is 5.69 Å². The number of anilines is 1. The predicted molar refractivity (Wildman–Crippen MR) is 61.8 cm³/mol. The maximum absolute atomic E-state index is 4.32. The molecule has 0 aliphatic rings. The lowest BCUT2D eigenvalue weighted by Gasteiger charge is -2.23. The summed E-state index contributed by atoms with van der Waals surface area (Å²) in [6.45, 7) is 8.69. The number of aryl methyl sites for hydroxylation is 1. The normalized spacial score (nSPS) is 10.2. The lowest BCUT2D eigenvalue weighted by molar-refractivity contribution is 0.743. The van der Waals surface area contributed by atoms with Crippen molar-refractivity contribution in [2.24, 2.45) is 0 Å². The fraction of sp³-hybridized carbons (Fsp3) is 0.583. The van der Waals surface area contributed by atoms with Gasteiger partial charge in [0.15, 0.2) is 0 Å². The summed E-state index contributed by atoms with van der Waals surface area (Å²) in [5, 5.41) is 0. The van der Waals surface area contributed by atoms with Crippen LogP contribution < -0.4 is 4.90 Å². The van der Waals surface area contributed by atoms with E-state index in [0.29, 0.717) is 0 Å². The van der Waals surface area contributed by atoms with E-state index in [4.69, 9.17) is 0 Å². The molecule has 1 rings (SSSR count). The maximum Gasteiger partial charge on any atom is 0.0552 e. The molecule has 2 heteroatoms. The van der Waals surface area contributed by atoms with Crippen LogP contribution in [0.3, 0.4) is 0 Å². The SMILES string of the molecule is CCCN(CCC)c1ccc(C)nc1. The first-order valence-corrected chi connectivity index (χ1v) is 5.45. The number of nitrogens with zero attached hydrogens (tertiary/aromatic N) is 2. The van der Waals surface area contributed by atoms with Gasteiger partial charge in [0, 0.05) is 18.8 Å². The Morgan fingerprint density at radius 3 is 2.21 bits per heavy atom. The van der Waals surface area contributed by atoms with Crippen LogP contribution in [-0.2, 0) is 0 Å². The lowest BCUT2D eigenvalue weighted by Crippen LogP contribution is -2.24. The Labute approximate surface area is 87.0 Å². The molecule has 0 unspecified atom stereocenters. The number of pyridine rings is 1. The summed E-state index contributed by atoms with van der Waals surface area (Å²) in [5.74, 6) is 0. The summed E-state index contributed by atoms with van der Waals surface area (Å²) >= 11 is 0. The van der Waals surface area contributed by atoms with E-state index in [-0.39, 0.29) is 0 Å². The molecular weight excluding hydrogens is 172 g/mol. The summed E-state index contributed by atoms with van der Waals surface area (Å²) in [6, 6.07) is 4.24. The van der Waals surface area contributed by atoms with Crippen molar-refractivity contribution in [3.05, 3.63) is 24.0 Å². The summed E-state index contributed by atoms with van der Waals surface area (Å²) in [5.41, 5.74) is 2.33. The number of hydrogen-bond acceptors (Lipinski definition) is 2. The average Bonchev–Trinajstić information content (AvgIpc) is 2.19. The lowest BCUT2D eigenvalue weighted by atomic mass is 10.3. The van der Waals surface area contributed by atoms with E-state index >= 15 is 0 Å².